The van der Waals surface area contributed by atoms with Gasteiger partial charge in [0.15, 0.2) is 0 Å². The van der Waals surface area contributed by atoms with Crippen molar-refractivity contribution in [2.24, 2.45) is 0 Å². The van der Waals surface area contributed by atoms with Crippen molar-refractivity contribution in [1.29, 1.82) is 0 Å². The molecule has 1 aliphatic rings. The molecule has 0 radical (unpaired) electrons. The molecule has 0 bridgehead atoms. The van der Waals surface area contributed by atoms with Crippen LogP contribution < -0.4 is 0 Å². The minimum absolute atomic E-state index is 0.133. The highest BCUT2D eigenvalue weighted by molar-refractivity contribution is 5.84. The van der Waals surface area contributed by atoms with E-state index in [0.29, 0.717) is 12.8 Å². The van der Waals surface area contributed by atoms with E-state index in [1.165, 1.54) is 12.0 Å². The summed E-state index contributed by atoms with van der Waals surface area (Å²) in [6.45, 7) is 9.22. The Kier molecular flexibility index (Phi) is 5.88. The molecule has 0 N–H and O–H groups in total. The zero-order chi connectivity index (χ0) is 18.6. The van der Waals surface area contributed by atoms with Crippen molar-refractivity contribution in [2.75, 3.05) is 7.11 Å². The van der Waals surface area contributed by atoms with Crippen molar-refractivity contribution < 1.29 is 19.1 Å². The van der Waals surface area contributed by atoms with Gasteiger partial charge in [-0.1, -0.05) is 36.4 Å². The van der Waals surface area contributed by atoms with E-state index in [0.717, 1.165) is 5.56 Å². The minimum Gasteiger partial charge on any atom is -0.467 e. The Labute approximate surface area is 149 Å². The molecule has 3 atom stereocenters. The van der Waals surface area contributed by atoms with Crippen LogP contribution in [-0.4, -0.2) is 41.8 Å². The Morgan fingerprint density at radius 3 is 2.44 bits per heavy atom. The second-order valence-electron chi connectivity index (χ2n) is 7.29. The van der Waals surface area contributed by atoms with Crippen LogP contribution in [0.1, 0.15) is 45.1 Å². The van der Waals surface area contributed by atoms with Crippen LogP contribution in [0.2, 0.25) is 0 Å². The summed E-state index contributed by atoms with van der Waals surface area (Å²) in [6.07, 6.45) is 2.53. The number of hydrogen-bond donors (Lipinski definition) is 0. The predicted octanol–water partition coefficient (Wildman–Crippen LogP) is 3.90. The molecular weight excluding hydrogens is 318 g/mol. The summed E-state index contributed by atoms with van der Waals surface area (Å²) in [6, 6.07) is 8.89. The molecule has 25 heavy (non-hydrogen) atoms. The number of benzene rings is 1. The van der Waals surface area contributed by atoms with Crippen LogP contribution in [0.3, 0.4) is 0 Å². The molecule has 0 unspecified atom stereocenters. The van der Waals surface area contributed by atoms with Crippen LogP contribution in [0.25, 0.3) is 0 Å². The Hall–Kier alpha value is -2.30. The Balaban J connectivity index is 2.42. The molecule has 0 aliphatic carbocycles. The lowest BCUT2D eigenvalue weighted by Crippen LogP contribution is -2.48. The molecule has 5 nitrogen and oxygen atoms in total. The van der Waals surface area contributed by atoms with Gasteiger partial charge in [-0.05, 0) is 39.2 Å². The van der Waals surface area contributed by atoms with E-state index in [1.54, 1.807) is 6.08 Å². The molecule has 2 rings (SSSR count). The van der Waals surface area contributed by atoms with Crippen molar-refractivity contribution in [3.63, 3.8) is 0 Å². The van der Waals surface area contributed by atoms with E-state index >= 15 is 0 Å². The van der Waals surface area contributed by atoms with E-state index in [-0.39, 0.29) is 12.0 Å². The number of methoxy groups -OCH3 is 1. The summed E-state index contributed by atoms with van der Waals surface area (Å²) in [5, 5.41) is 0. The van der Waals surface area contributed by atoms with Crippen LogP contribution in [0.4, 0.5) is 4.79 Å². The zero-order valence-electron chi connectivity index (χ0n) is 15.4. The van der Waals surface area contributed by atoms with Crippen LogP contribution in [0, 0.1) is 0 Å². The van der Waals surface area contributed by atoms with Crippen LogP contribution in [-0.2, 0) is 14.3 Å². The first kappa shape index (κ1) is 19.0. The lowest BCUT2D eigenvalue weighted by atomic mass is 9.90. The number of carbonyl (C=O) groups excluding carboxylic acids is 2. The van der Waals surface area contributed by atoms with E-state index in [9.17, 15) is 9.59 Å². The molecule has 1 saturated heterocycles. The maximum atomic E-state index is 12.8. The summed E-state index contributed by atoms with van der Waals surface area (Å²) < 4.78 is 10.6. The van der Waals surface area contributed by atoms with E-state index in [4.69, 9.17) is 9.47 Å². The van der Waals surface area contributed by atoms with Gasteiger partial charge >= 0.3 is 12.1 Å². The molecular formula is C20H27NO4. The average Bonchev–Trinajstić information content (AvgIpc) is 2.93. The van der Waals surface area contributed by atoms with Crippen molar-refractivity contribution in [3.8, 4) is 0 Å². The van der Waals surface area contributed by atoms with Gasteiger partial charge in [0.05, 0.1) is 7.11 Å². The fraction of sp³-hybridized carbons (Fsp3) is 0.500. The quantitative estimate of drug-likeness (QED) is 0.613. The van der Waals surface area contributed by atoms with Gasteiger partial charge in [0.1, 0.15) is 11.6 Å². The highest BCUT2D eigenvalue weighted by atomic mass is 16.6. The van der Waals surface area contributed by atoms with Crippen molar-refractivity contribution in [1.82, 2.24) is 4.90 Å². The third-order valence-corrected chi connectivity index (χ3v) is 4.31. The molecule has 1 heterocycles. The van der Waals surface area contributed by atoms with Crippen molar-refractivity contribution in [3.05, 3.63) is 48.6 Å². The summed E-state index contributed by atoms with van der Waals surface area (Å²) in [4.78, 5) is 26.9. The van der Waals surface area contributed by atoms with E-state index in [1.807, 2.05) is 51.1 Å². The molecule has 0 aromatic heterocycles. The summed E-state index contributed by atoms with van der Waals surface area (Å²) in [5.74, 6) is -0.558. The topological polar surface area (TPSA) is 55.8 Å². The Morgan fingerprint density at radius 1 is 1.28 bits per heavy atom. The predicted molar refractivity (Wildman–Crippen MR) is 96.3 cm³/mol. The van der Waals surface area contributed by atoms with Crippen LogP contribution in [0.5, 0.6) is 0 Å². The molecule has 1 aromatic rings. The summed E-state index contributed by atoms with van der Waals surface area (Å²) >= 11 is 0. The smallest absolute Gasteiger partial charge is 0.411 e. The highest BCUT2D eigenvalue weighted by Crippen LogP contribution is 2.40. The second-order valence-corrected chi connectivity index (χ2v) is 7.29. The maximum Gasteiger partial charge on any atom is 0.411 e. The van der Waals surface area contributed by atoms with Gasteiger partial charge in [-0.3, -0.25) is 4.90 Å². The van der Waals surface area contributed by atoms with Gasteiger partial charge < -0.3 is 9.47 Å². The molecule has 1 amide bonds. The molecule has 1 aromatic carbocycles. The second kappa shape index (κ2) is 7.72. The highest BCUT2D eigenvalue weighted by Gasteiger charge is 2.49. The maximum absolute atomic E-state index is 12.8. The number of ether oxygens (including phenoxy) is 2. The molecule has 1 aliphatic heterocycles. The number of likely N-dealkylation sites (tertiary alicyclic amines) is 1. The first-order valence-corrected chi connectivity index (χ1v) is 8.53. The van der Waals surface area contributed by atoms with Crippen molar-refractivity contribution >= 4 is 12.1 Å². The Bertz CT molecular complexity index is 620. The minimum atomic E-state index is -0.702. The lowest BCUT2D eigenvalue weighted by molar-refractivity contribution is -0.146. The van der Waals surface area contributed by atoms with Gasteiger partial charge in [0.2, 0.25) is 0 Å². The molecule has 5 heteroatoms. The molecule has 0 spiro atoms. The van der Waals surface area contributed by atoms with E-state index in [2.05, 4.69) is 6.58 Å². The zero-order valence-corrected chi connectivity index (χ0v) is 15.4. The molecule has 1 fully saturated rings. The third kappa shape index (κ3) is 4.41. The van der Waals surface area contributed by atoms with Crippen LogP contribution in [0.15, 0.2) is 43.0 Å². The third-order valence-electron chi connectivity index (χ3n) is 4.31. The largest absolute Gasteiger partial charge is 0.467 e. The Morgan fingerprint density at radius 2 is 1.92 bits per heavy atom. The van der Waals surface area contributed by atoms with Gasteiger partial charge in [-0.2, -0.15) is 0 Å². The lowest BCUT2D eigenvalue weighted by Gasteiger charge is -2.32. The average molecular weight is 345 g/mol. The SMILES string of the molecule is C=CC[C@H]1C[C@H](c2ccccc2)[C@@H](C(=O)OC)N1C(=O)OC(C)(C)C. The van der Waals surface area contributed by atoms with Crippen LogP contribution >= 0.6 is 0 Å². The first-order chi connectivity index (χ1) is 11.8. The van der Waals surface area contributed by atoms with Gasteiger partial charge in [-0.15, -0.1) is 6.58 Å². The number of amides is 1. The van der Waals surface area contributed by atoms with Gasteiger partial charge in [0, 0.05) is 12.0 Å². The van der Waals surface area contributed by atoms with E-state index < -0.39 is 23.7 Å². The number of carbonyl (C=O) groups is 2. The standard InChI is InChI=1S/C20H27NO4/c1-6-10-15-13-16(14-11-8-7-9-12-14)17(18(22)24-5)21(15)19(23)25-20(2,3)4/h6-9,11-12,15-17H,1,10,13H2,2-5H3/t15-,16+,17-/m0/s1. The van der Waals surface area contributed by atoms with Gasteiger partial charge in [0.25, 0.3) is 0 Å². The normalized spacial score (nSPS) is 23.2. The summed E-state index contributed by atoms with van der Waals surface area (Å²) in [7, 11) is 1.35. The molecule has 0 saturated carbocycles. The monoisotopic (exact) mass is 345 g/mol. The first-order valence-electron chi connectivity index (χ1n) is 8.53. The fourth-order valence-electron chi connectivity index (χ4n) is 3.35. The fourth-order valence-corrected chi connectivity index (χ4v) is 3.35. The number of esters is 1. The number of hydrogen-bond acceptors (Lipinski definition) is 4. The summed E-state index contributed by atoms with van der Waals surface area (Å²) in [5.41, 5.74) is 0.374. The van der Waals surface area contributed by atoms with Gasteiger partial charge in [-0.25, -0.2) is 9.59 Å². The number of rotatable bonds is 4. The number of nitrogens with zero attached hydrogens (tertiary/aromatic N) is 1. The van der Waals surface area contributed by atoms with Crippen molar-refractivity contribution in [2.45, 2.75) is 57.2 Å². The molecule has 136 valence electrons.